The predicted octanol–water partition coefficient (Wildman–Crippen LogP) is 2.26. The Labute approximate surface area is 79.2 Å². The van der Waals surface area contributed by atoms with Gasteiger partial charge in [-0.15, -0.1) is 0 Å². The van der Waals surface area contributed by atoms with Crippen LogP contribution in [0, 0.1) is 0 Å². The molecule has 0 radical (unpaired) electrons. The predicted molar refractivity (Wildman–Crippen MR) is 44.3 cm³/mol. The van der Waals surface area contributed by atoms with Gasteiger partial charge in [0, 0.05) is 0 Å². The molecule has 0 amide bonds. The standard InChI is InChI=1S/C7H13BrO.Cr/c1-9-7-5-3-2-4-6-8;/h2-6H2,1H3;. The number of halogens is 1. The van der Waals surface area contributed by atoms with E-state index in [1.165, 1.54) is 19.3 Å². The van der Waals surface area contributed by atoms with Crippen molar-refractivity contribution in [2.45, 2.75) is 25.7 Å². The van der Waals surface area contributed by atoms with E-state index >= 15 is 0 Å². The van der Waals surface area contributed by atoms with E-state index in [9.17, 15) is 0 Å². The van der Waals surface area contributed by atoms with Crippen molar-refractivity contribution in [2.75, 3.05) is 12.4 Å². The SMILES string of the molecule is CO[C](=[Cr])CCCCCBr. The van der Waals surface area contributed by atoms with Gasteiger partial charge in [-0.2, -0.15) is 0 Å². The van der Waals surface area contributed by atoms with E-state index in [0.29, 0.717) is 0 Å². The summed E-state index contributed by atoms with van der Waals surface area (Å²) in [6.07, 6.45) is 4.82. The quantitative estimate of drug-likeness (QED) is 0.515. The van der Waals surface area contributed by atoms with Crippen LogP contribution in [-0.2, 0) is 20.6 Å². The molecule has 0 atom stereocenters. The third-order valence-electron chi connectivity index (χ3n) is 1.24. The summed E-state index contributed by atoms with van der Waals surface area (Å²) in [4.78, 5) is 0. The number of unbranched alkanes of at least 4 members (excludes halogenated alkanes) is 2. The van der Waals surface area contributed by atoms with Crippen molar-refractivity contribution < 1.29 is 20.6 Å². The van der Waals surface area contributed by atoms with Crippen molar-refractivity contribution >= 4 is 20.5 Å². The summed E-state index contributed by atoms with van der Waals surface area (Å²) in [7, 11) is 1.70. The van der Waals surface area contributed by atoms with Crippen molar-refractivity contribution in [3.8, 4) is 0 Å². The fourth-order valence-electron chi connectivity index (χ4n) is 0.643. The van der Waals surface area contributed by atoms with Crippen LogP contribution in [0.4, 0.5) is 0 Å². The summed E-state index contributed by atoms with van der Waals surface area (Å²) >= 11 is 6.27. The first kappa shape index (κ1) is 10.8. The van der Waals surface area contributed by atoms with Crippen LogP contribution in [0.15, 0.2) is 0 Å². The number of hydrogen-bond acceptors (Lipinski definition) is 1. The Bertz CT molecular complexity index is 95.6. The molecule has 3 heteroatoms. The van der Waals surface area contributed by atoms with Gasteiger partial charge in [-0.3, -0.25) is 0 Å². The monoisotopic (exact) mass is 244 g/mol. The van der Waals surface area contributed by atoms with Gasteiger partial charge >= 0.3 is 79.2 Å². The molecule has 1 nitrogen and oxygen atoms in total. The van der Waals surface area contributed by atoms with Crippen LogP contribution in [0.2, 0.25) is 0 Å². The average molecular weight is 245 g/mol. The normalized spacial score (nSPS) is 9.80. The molecular weight excluding hydrogens is 232 g/mol. The second-order valence-corrected chi connectivity index (χ2v) is 3.58. The van der Waals surface area contributed by atoms with Crippen molar-refractivity contribution in [1.82, 2.24) is 0 Å². The molecular formula is C7H13BrCrO. The fraction of sp³-hybridized carbons (Fsp3) is 0.857. The van der Waals surface area contributed by atoms with Gasteiger partial charge in [0.05, 0.1) is 0 Å². The van der Waals surface area contributed by atoms with E-state index in [2.05, 4.69) is 31.8 Å². The number of rotatable bonds is 6. The maximum absolute atomic E-state index is 4.98. The van der Waals surface area contributed by atoms with Gasteiger partial charge in [0.15, 0.2) is 0 Å². The molecule has 0 heterocycles. The van der Waals surface area contributed by atoms with Gasteiger partial charge < -0.3 is 0 Å². The van der Waals surface area contributed by atoms with Crippen molar-refractivity contribution in [3.63, 3.8) is 0 Å². The summed E-state index contributed by atoms with van der Waals surface area (Å²) < 4.78 is 6.00. The van der Waals surface area contributed by atoms with Gasteiger partial charge in [-0.05, 0) is 0 Å². The van der Waals surface area contributed by atoms with Crippen LogP contribution < -0.4 is 0 Å². The van der Waals surface area contributed by atoms with E-state index in [-0.39, 0.29) is 0 Å². The van der Waals surface area contributed by atoms with Crippen LogP contribution >= 0.6 is 15.9 Å². The molecule has 0 aromatic heterocycles. The third kappa shape index (κ3) is 6.96. The molecule has 0 saturated heterocycles. The van der Waals surface area contributed by atoms with Crippen molar-refractivity contribution in [3.05, 3.63) is 0 Å². The second-order valence-electron chi connectivity index (χ2n) is 2.08. The summed E-state index contributed by atoms with van der Waals surface area (Å²) in [5, 5.41) is 1.11. The molecule has 0 aliphatic rings. The third-order valence-corrected chi connectivity index (χ3v) is 2.38. The molecule has 0 fully saturated rings. The summed E-state index contributed by atoms with van der Waals surface area (Å²) in [5.41, 5.74) is 0. The van der Waals surface area contributed by atoms with Crippen LogP contribution in [0.5, 0.6) is 0 Å². The topological polar surface area (TPSA) is 9.23 Å². The fourth-order valence-corrected chi connectivity index (χ4v) is 1.26. The first-order valence-corrected chi connectivity index (χ1v) is 5.20. The molecule has 0 aromatic carbocycles. The Morgan fingerprint density at radius 2 is 2.10 bits per heavy atom. The zero-order valence-corrected chi connectivity index (χ0v) is 9.09. The molecule has 60 valence electrons. The average Bonchev–Trinajstić information content (AvgIpc) is 1.98. The van der Waals surface area contributed by atoms with E-state index in [1.54, 1.807) is 7.11 Å². The van der Waals surface area contributed by atoms with Crippen LogP contribution in [0.3, 0.4) is 0 Å². The summed E-state index contributed by atoms with van der Waals surface area (Å²) in [5.74, 6) is 0. The Balaban J connectivity index is 2.96. The number of hydrogen-bond donors (Lipinski definition) is 0. The minimum absolute atomic E-state index is 1.02. The zero-order chi connectivity index (χ0) is 7.82. The van der Waals surface area contributed by atoms with Gasteiger partial charge in [0.2, 0.25) is 0 Å². The Kier molecular flexibility index (Phi) is 8.61. The van der Waals surface area contributed by atoms with Gasteiger partial charge in [0.25, 0.3) is 0 Å². The summed E-state index contributed by atoms with van der Waals surface area (Å²) in [6.45, 7) is 0. The van der Waals surface area contributed by atoms with E-state index in [4.69, 9.17) is 4.74 Å². The Morgan fingerprint density at radius 3 is 2.60 bits per heavy atom. The van der Waals surface area contributed by atoms with Gasteiger partial charge in [0.1, 0.15) is 0 Å². The van der Waals surface area contributed by atoms with Crippen LogP contribution in [0.25, 0.3) is 0 Å². The molecule has 0 unspecified atom stereocenters. The second kappa shape index (κ2) is 7.94. The molecule has 0 spiro atoms. The first-order valence-electron chi connectivity index (χ1n) is 3.44. The van der Waals surface area contributed by atoms with Crippen LogP contribution in [0.1, 0.15) is 25.7 Å². The molecule has 0 aromatic rings. The molecule has 0 aliphatic carbocycles. The molecule has 0 rings (SSSR count). The van der Waals surface area contributed by atoms with E-state index in [1.807, 2.05) is 0 Å². The van der Waals surface area contributed by atoms with Crippen molar-refractivity contribution in [1.29, 1.82) is 0 Å². The minimum atomic E-state index is 1.02. The number of methoxy groups -OCH3 is 1. The zero-order valence-electron chi connectivity index (χ0n) is 6.23. The van der Waals surface area contributed by atoms with Crippen LogP contribution in [-0.4, -0.2) is 17.0 Å². The van der Waals surface area contributed by atoms with Gasteiger partial charge in [-0.1, -0.05) is 0 Å². The number of alkyl halides is 1. The number of ether oxygens (including phenoxy) is 1. The molecule has 0 aliphatic heterocycles. The van der Waals surface area contributed by atoms with E-state index < -0.39 is 0 Å². The molecule has 0 N–H and O–H groups in total. The first-order chi connectivity index (χ1) is 4.81. The maximum atomic E-state index is 4.98. The Morgan fingerprint density at radius 1 is 1.40 bits per heavy atom. The molecule has 10 heavy (non-hydrogen) atoms. The molecule has 0 saturated carbocycles. The molecule has 0 bridgehead atoms. The van der Waals surface area contributed by atoms with E-state index in [0.717, 1.165) is 16.3 Å². The Hall–Kier alpha value is 0.842. The van der Waals surface area contributed by atoms with Crippen molar-refractivity contribution in [2.24, 2.45) is 0 Å². The summed E-state index contributed by atoms with van der Waals surface area (Å²) in [6, 6.07) is 0. The van der Waals surface area contributed by atoms with Gasteiger partial charge in [-0.25, -0.2) is 0 Å².